The van der Waals surface area contributed by atoms with Crippen molar-refractivity contribution in [3.05, 3.63) is 35.9 Å². The largest absolute Gasteiger partial charge is 0.376 e. The van der Waals surface area contributed by atoms with Gasteiger partial charge in [0.05, 0.1) is 12.0 Å². The molecule has 0 saturated carbocycles. The number of hydrogen-bond donors (Lipinski definition) is 0. The maximum atomic E-state index is 12.6. The number of carbonyl (C=O) groups is 2. The van der Waals surface area contributed by atoms with Gasteiger partial charge in [0.15, 0.2) is 0 Å². The Bertz CT molecular complexity index is 555. The van der Waals surface area contributed by atoms with Crippen LogP contribution in [-0.4, -0.2) is 54.5 Å². The molecule has 5 heteroatoms. The highest BCUT2D eigenvalue weighted by Gasteiger charge is 2.37. The summed E-state index contributed by atoms with van der Waals surface area (Å²) < 4.78 is 5.60. The highest BCUT2D eigenvalue weighted by molar-refractivity contribution is 5.89. The van der Waals surface area contributed by atoms with Gasteiger partial charge in [-0.2, -0.15) is 0 Å². The molecule has 2 fully saturated rings. The van der Waals surface area contributed by atoms with Gasteiger partial charge in [-0.15, -0.1) is 0 Å². The average molecular weight is 316 g/mol. The molecule has 0 N–H and O–H groups in total. The number of ether oxygens (including phenoxy) is 1. The second kappa shape index (κ2) is 7.13. The lowest BCUT2D eigenvalue weighted by atomic mass is 10.1. The minimum Gasteiger partial charge on any atom is -0.376 e. The number of nitrogens with zero attached hydrogens (tertiary/aromatic N) is 2. The third-order valence-corrected chi connectivity index (χ3v) is 4.65. The van der Waals surface area contributed by atoms with E-state index < -0.39 is 0 Å². The van der Waals surface area contributed by atoms with Crippen LogP contribution in [-0.2, 0) is 20.9 Å². The number of amides is 2. The SMILES string of the molecule is CN(Cc1ccccc1)C(=O)C1CC(=O)N(CC2CCCO2)C1. The predicted molar refractivity (Wildman–Crippen MR) is 86.6 cm³/mol. The normalized spacial score (nSPS) is 24.2. The van der Waals surface area contributed by atoms with E-state index in [2.05, 4.69) is 0 Å². The molecule has 5 nitrogen and oxygen atoms in total. The van der Waals surface area contributed by atoms with E-state index in [1.807, 2.05) is 37.4 Å². The van der Waals surface area contributed by atoms with Crippen LogP contribution in [0, 0.1) is 5.92 Å². The van der Waals surface area contributed by atoms with Crippen molar-refractivity contribution in [1.29, 1.82) is 0 Å². The number of rotatable bonds is 5. The molecule has 2 atom stereocenters. The minimum atomic E-state index is -0.224. The summed E-state index contributed by atoms with van der Waals surface area (Å²) in [5, 5.41) is 0. The summed E-state index contributed by atoms with van der Waals surface area (Å²) >= 11 is 0. The maximum Gasteiger partial charge on any atom is 0.228 e. The molecule has 124 valence electrons. The van der Waals surface area contributed by atoms with Gasteiger partial charge in [-0.1, -0.05) is 30.3 Å². The van der Waals surface area contributed by atoms with Crippen LogP contribution in [0.25, 0.3) is 0 Å². The molecule has 2 saturated heterocycles. The van der Waals surface area contributed by atoms with Crippen LogP contribution in [0.2, 0.25) is 0 Å². The molecule has 2 heterocycles. The highest BCUT2D eigenvalue weighted by atomic mass is 16.5. The van der Waals surface area contributed by atoms with Gasteiger partial charge in [-0.05, 0) is 18.4 Å². The van der Waals surface area contributed by atoms with E-state index in [4.69, 9.17) is 4.74 Å². The van der Waals surface area contributed by atoms with Gasteiger partial charge in [0, 0.05) is 39.7 Å². The van der Waals surface area contributed by atoms with E-state index in [1.54, 1.807) is 9.80 Å². The lowest BCUT2D eigenvalue weighted by Crippen LogP contribution is -2.36. The zero-order valence-electron chi connectivity index (χ0n) is 13.6. The van der Waals surface area contributed by atoms with Crippen LogP contribution >= 0.6 is 0 Å². The lowest BCUT2D eigenvalue weighted by Gasteiger charge is -2.23. The minimum absolute atomic E-state index is 0.0528. The molecule has 2 unspecified atom stereocenters. The summed E-state index contributed by atoms with van der Waals surface area (Å²) in [4.78, 5) is 28.3. The van der Waals surface area contributed by atoms with Crippen molar-refractivity contribution in [3.8, 4) is 0 Å². The van der Waals surface area contributed by atoms with Crippen molar-refractivity contribution in [2.75, 3.05) is 26.7 Å². The Morgan fingerprint density at radius 1 is 1.35 bits per heavy atom. The molecule has 2 aliphatic rings. The molecule has 2 aliphatic heterocycles. The third kappa shape index (κ3) is 3.91. The van der Waals surface area contributed by atoms with Crippen molar-refractivity contribution in [2.24, 2.45) is 5.92 Å². The molecule has 1 aromatic rings. The fourth-order valence-electron chi connectivity index (χ4n) is 3.40. The van der Waals surface area contributed by atoms with Crippen LogP contribution in [0.1, 0.15) is 24.8 Å². The van der Waals surface area contributed by atoms with Crippen LogP contribution < -0.4 is 0 Å². The van der Waals surface area contributed by atoms with Gasteiger partial charge in [0.2, 0.25) is 11.8 Å². The molecule has 0 aliphatic carbocycles. The zero-order valence-corrected chi connectivity index (χ0v) is 13.6. The molecule has 0 spiro atoms. The topological polar surface area (TPSA) is 49.9 Å². The summed E-state index contributed by atoms with van der Waals surface area (Å²) in [6, 6.07) is 9.91. The first-order valence-corrected chi connectivity index (χ1v) is 8.32. The van der Waals surface area contributed by atoms with Crippen LogP contribution in [0.4, 0.5) is 0 Å². The third-order valence-electron chi connectivity index (χ3n) is 4.65. The van der Waals surface area contributed by atoms with Crippen LogP contribution in [0.3, 0.4) is 0 Å². The van der Waals surface area contributed by atoms with Gasteiger partial charge in [0.1, 0.15) is 0 Å². The van der Waals surface area contributed by atoms with Crippen molar-refractivity contribution in [3.63, 3.8) is 0 Å². The van der Waals surface area contributed by atoms with Gasteiger partial charge in [-0.3, -0.25) is 9.59 Å². The van der Waals surface area contributed by atoms with Crippen molar-refractivity contribution >= 4 is 11.8 Å². The highest BCUT2D eigenvalue weighted by Crippen LogP contribution is 2.23. The molecule has 2 amide bonds. The predicted octanol–water partition coefficient (Wildman–Crippen LogP) is 1.67. The Labute approximate surface area is 137 Å². The molecular formula is C18H24N2O3. The first-order chi connectivity index (χ1) is 11.1. The van der Waals surface area contributed by atoms with E-state index in [-0.39, 0.29) is 23.8 Å². The average Bonchev–Trinajstić information content (AvgIpc) is 3.18. The zero-order chi connectivity index (χ0) is 16.2. The molecule has 0 bridgehead atoms. The second-order valence-electron chi connectivity index (χ2n) is 6.51. The van der Waals surface area contributed by atoms with Crippen molar-refractivity contribution in [2.45, 2.75) is 31.9 Å². The van der Waals surface area contributed by atoms with Gasteiger partial charge >= 0.3 is 0 Å². The Morgan fingerprint density at radius 3 is 2.83 bits per heavy atom. The van der Waals surface area contributed by atoms with Crippen LogP contribution in [0.15, 0.2) is 30.3 Å². The quantitative estimate of drug-likeness (QED) is 0.830. The summed E-state index contributed by atoms with van der Waals surface area (Å²) in [5.41, 5.74) is 1.10. The van der Waals surface area contributed by atoms with E-state index >= 15 is 0 Å². The number of likely N-dealkylation sites (tertiary alicyclic amines) is 1. The molecular weight excluding hydrogens is 292 g/mol. The molecule has 1 aromatic carbocycles. The number of hydrogen-bond acceptors (Lipinski definition) is 3. The lowest BCUT2D eigenvalue weighted by molar-refractivity contribution is -0.135. The molecule has 3 rings (SSSR count). The fraction of sp³-hybridized carbons (Fsp3) is 0.556. The standard InChI is InChI=1S/C18H24N2O3/c1-19(11-14-6-3-2-4-7-14)18(22)15-10-17(21)20(12-15)13-16-8-5-9-23-16/h2-4,6-7,15-16H,5,8-13H2,1H3. The van der Waals surface area contributed by atoms with Gasteiger partial charge < -0.3 is 14.5 Å². The summed E-state index contributed by atoms with van der Waals surface area (Å²) in [6.07, 6.45) is 2.55. The van der Waals surface area contributed by atoms with E-state index in [0.717, 1.165) is 25.0 Å². The fourth-order valence-corrected chi connectivity index (χ4v) is 3.40. The molecule has 23 heavy (non-hydrogen) atoms. The van der Waals surface area contributed by atoms with Crippen molar-refractivity contribution in [1.82, 2.24) is 9.80 Å². The first-order valence-electron chi connectivity index (χ1n) is 8.32. The Morgan fingerprint density at radius 2 is 2.13 bits per heavy atom. The summed E-state index contributed by atoms with van der Waals surface area (Å²) in [6.45, 7) is 2.52. The number of carbonyl (C=O) groups excluding carboxylic acids is 2. The van der Waals surface area contributed by atoms with E-state index in [9.17, 15) is 9.59 Å². The second-order valence-corrected chi connectivity index (χ2v) is 6.51. The maximum absolute atomic E-state index is 12.6. The molecule has 0 aromatic heterocycles. The molecule has 0 radical (unpaired) electrons. The van der Waals surface area contributed by atoms with Crippen molar-refractivity contribution < 1.29 is 14.3 Å². The monoisotopic (exact) mass is 316 g/mol. The number of benzene rings is 1. The Hall–Kier alpha value is -1.88. The van der Waals surface area contributed by atoms with E-state index in [0.29, 0.717) is 26.1 Å². The van der Waals surface area contributed by atoms with Crippen LogP contribution in [0.5, 0.6) is 0 Å². The van der Waals surface area contributed by atoms with Gasteiger partial charge in [-0.25, -0.2) is 0 Å². The Kier molecular flexibility index (Phi) is 4.96. The van der Waals surface area contributed by atoms with E-state index in [1.165, 1.54) is 0 Å². The summed E-state index contributed by atoms with van der Waals surface area (Å²) in [7, 11) is 1.81. The summed E-state index contributed by atoms with van der Waals surface area (Å²) in [5.74, 6) is -0.0957. The smallest absolute Gasteiger partial charge is 0.228 e. The van der Waals surface area contributed by atoms with Gasteiger partial charge in [0.25, 0.3) is 0 Å². The first kappa shape index (κ1) is 16.0. The Balaban J connectivity index is 1.54.